The molecule has 0 N–H and O–H groups in total. The molecule has 1 aliphatic heterocycles. The Hall–Kier alpha value is -1.84. The van der Waals surface area contributed by atoms with Crippen LogP contribution in [0.3, 0.4) is 0 Å². The number of rotatable bonds is 4. The summed E-state index contributed by atoms with van der Waals surface area (Å²) in [4.78, 5) is 12.1. The van der Waals surface area contributed by atoms with Crippen LogP contribution in [0.2, 0.25) is 0 Å². The average molecular weight is 272 g/mol. The van der Waals surface area contributed by atoms with Crippen LogP contribution in [-0.2, 0) is 4.79 Å². The Morgan fingerprint density at radius 2 is 1.95 bits per heavy atom. The smallest absolute Gasteiger partial charge is 0.253 e. The number of benzene rings is 1. The summed E-state index contributed by atoms with van der Waals surface area (Å²) >= 11 is 0. The fourth-order valence-electron chi connectivity index (χ4n) is 2.99. The summed E-state index contributed by atoms with van der Waals surface area (Å²) in [7, 11) is 0. The molecule has 0 radical (unpaired) electrons. The zero-order valence-corrected chi connectivity index (χ0v) is 11.8. The minimum absolute atomic E-state index is 0.0797. The highest BCUT2D eigenvalue weighted by Gasteiger charge is 2.31. The number of amides is 1. The van der Waals surface area contributed by atoms with Gasteiger partial charge in [0.2, 0.25) is 0 Å². The predicted molar refractivity (Wildman–Crippen MR) is 79.1 cm³/mol. The molecule has 1 fully saturated rings. The van der Waals surface area contributed by atoms with Crippen LogP contribution in [-0.4, -0.2) is 18.2 Å². The highest BCUT2D eigenvalue weighted by molar-refractivity contribution is 6.13. The van der Waals surface area contributed by atoms with E-state index in [0.717, 1.165) is 17.1 Å². The minimum atomic E-state index is 0.0797. The molecule has 0 atom stereocenters. The first-order valence-corrected chi connectivity index (χ1v) is 7.41. The number of nitrogens with zero attached hydrogens (tertiary/aromatic N) is 2. The lowest BCUT2D eigenvalue weighted by Crippen LogP contribution is -2.19. The van der Waals surface area contributed by atoms with Crippen molar-refractivity contribution in [2.24, 2.45) is 11.0 Å². The first kappa shape index (κ1) is 13.2. The molecule has 1 amide bonds. The monoisotopic (exact) mass is 272 g/mol. The van der Waals surface area contributed by atoms with Crippen molar-refractivity contribution in [2.45, 2.75) is 39.0 Å². The van der Waals surface area contributed by atoms with Crippen molar-refractivity contribution in [3.8, 4) is 5.75 Å². The summed E-state index contributed by atoms with van der Waals surface area (Å²) in [6.07, 6.45) is 5.38. The molecular formula is C16H20N2O2. The minimum Gasteiger partial charge on any atom is -0.494 e. The zero-order chi connectivity index (χ0) is 13.9. The third kappa shape index (κ3) is 2.55. The molecule has 0 spiro atoms. The Kier molecular flexibility index (Phi) is 3.72. The fraction of sp³-hybridized carbons (Fsp3) is 0.500. The van der Waals surface area contributed by atoms with Crippen LogP contribution in [0.25, 0.3) is 0 Å². The van der Waals surface area contributed by atoms with E-state index in [4.69, 9.17) is 4.74 Å². The van der Waals surface area contributed by atoms with Gasteiger partial charge in [0.25, 0.3) is 5.91 Å². The SMILES string of the molecule is CCOc1ccc(N2N=C(C3CCCC3)CC2=O)cc1. The topological polar surface area (TPSA) is 41.9 Å². The Morgan fingerprint density at radius 3 is 2.60 bits per heavy atom. The van der Waals surface area contributed by atoms with Crippen molar-refractivity contribution in [2.75, 3.05) is 11.6 Å². The number of carbonyl (C=O) groups excluding carboxylic acids is 1. The lowest BCUT2D eigenvalue weighted by molar-refractivity contribution is -0.116. The quantitative estimate of drug-likeness (QED) is 0.843. The Morgan fingerprint density at radius 1 is 1.25 bits per heavy atom. The van der Waals surface area contributed by atoms with E-state index in [1.807, 2.05) is 31.2 Å². The van der Waals surface area contributed by atoms with Gasteiger partial charge in [0.1, 0.15) is 5.75 Å². The van der Waals surface area contributed by atoms with Gasteiger partial charge < -0.3 is 4.74 Å². The molecule has 1 heterocycles. The van der Waals surface area contributed by atoms with Gasteiger partial charge in [-0.1, -0.05) is 12.8 Å². The Bertz CT molecular complexity index is 516. The summed E-state index contributed by atoms with van der Waals surface area (Å²) in [5.74, 6) is 1.42. The van der Waals surface area contributed by atoms with Gasteiger partial charge in [-0.25, -0.2) is 5.01 Å². The van der Waals surface area contributed by atoms with Crippen molar-refractivity contribution in [1.82, 2.24) is 0 Å². The van der Waals surface area contributed by atoms with Crippen molar-refractivity contribution < 1.29 is 9.53 Å². The molecule has 2 aliphatic rings. The average Bonchev–Trinajstić information content (AvgIpc) is 3.09. The van der Waals surface area contributed by atoms with Gasteiger partial charge >= 0.3 is 0 Å². The third-order valence-electron chi connectivity index (χ3n) is 4.02. The van der Waals surface area contributed by atoms with E-state index in [0.29, 0.717) is 18.9 Å². The van der Waals surface area contributed by atoms with Crippen LogP contribution in [0, 0.1) is 5.92 Å². The fourth-order valence-corrected chi connectivity index (χ4v) is 2.99. The number of hydrazone groups is 1. The predicted octanol–water partition coefficient (Wildman–Crippen LogP) is 3.37. The Labute approximate surface area is 119 Å². The lowest BCUT2D eigenvalue weighted by atomic mass is 10.00. The summed E-state index contributed by atoms with van der Waals surface area (Å²) < 4.78 is 5.41. The van der Waals surface area contributed by atoms with E-state index in [1.54, 1.807) is 5.01 Å². The molecule has 0 bridgehead atoms. The summed E-state index contributed by atoms with van der Waals surface area (Å²) in [6, 6.07) is 7.55. The molecule has 1 aliphatic carbocycles. The zero-order valence-electron chi connectivity index (χ0n) is 11.8. The third-order valence-corrected chi connectivity index (χ3v) is 4.02. The van der Waals surface area contributed by atoms with E-state index in [2.05, 4.69) is 5.10 Å². The van der Waals surface area contributed by atoms with Gasteiger partial charge in [-0.15, -0.1) is 0 Å². The highest BCUT2D eigenvalue weighted by atomic mass is 16.5. The largest absolute Gasteiger partial charge is 0.494 e. The highest BCUT2D eigenvalue weighted by Crippen LogP contribution is 2.31. The van der Waals surface area contributed by atoms with E-state index in [-0.39, 0.29) is 5.91 Å². The molecule has 1 aromatic rings. The molecule has 106 valence electrons. The van der Waals surface area contributed by atoms with Gasteiger partial charge in [-0.05, 0) is 49.9 Å². The first-order chi connectivity index (χ1) is 9.78. The van der Waals surface area contributed by atoms with Crippen molar-refractivity contribution in [3.05, 3.63) is 24.3 Å². The molecule has 3 rings (SSSR count). The molecule has 4 heteroatoms. The number of hydrogen-bond acceptors (Lipinski definition) is 3. The van der Waals surface area contributed by atoms with Crippen LogP contribution in [0.5, 0.6) is 5.75 Å². The first-order valence-electron chi connectivity index (χ1n) is 7.41. The second kappa shape index (κ2) is 5.65. The van der Waals surface area contributed by atoms with Crippen LogP contribution < -0.4 is 9.75 Å². The van der Waals surface area contributed by atoms with Crippen molar-refractivity contribution >= 4 is 17.3 Å². The maximum absolute atomic E-state index is 12.1. The molecule has 4 nitrogen and oxygen atoms in total. The van der Waals surface area contributed by atoms with Gasteiger partial charge in [0, 0.05) is 0 Å². The summed E-state index contributed by atoms with van der Waals surface area (Å²) in [6.45, 7) is 2.60. The normalized spacial score (nSPS) is 19.6. The maximum Gasteiger partial charge on any atom is 0.253 e. The van der Waals surface area contributed by atoms with Crippen LogP contribution in [0.4, 0.5) is 5.69 Å². The number of anilines is 1. The van der Waals surface area contributed by atoms with Gasteiger partial charge in [-0.2, -0.15) is 5.10 Å². The standard InChI is InChI=1S/C16H20N2O2/c1-2-20-14-9-7-13(8-10-14)18-16(19)11-15(17-18)12-5-3-4-6-12/h7-10,12H,2-6,11H2,1H3. The molecule has 0 aromatic heterocycles. The van der Waals surface area contributed by atoms with Gasteiger partial charge in [0.15, 0.2) is 0 Å². The van der Waals surface area contributed by atoms with Crippen LogP contribution in [0.15, 0.2) is 29.4 Å². The molecule has 0 saturated heterocycles. The van der Waals surface area contributed by atoms with E-state index in [9.17, 15) is 4.79 Å². The van der Waals surface area contributed by atoms with Crippen LogP contribution in [0.1, 0.15) is 39.0 Å². The van der Waals surface area contributed by atoms with E-state index < -0.39 is 0 Å². The Balaban J connectivity index is 1.76. The van der Waals surface area contributed by atoms with Gasteiger partial charge in [-0.3, -0.25) is 4.79 Å². The molecule has 0 unspecified atom stereocenters. The van der Waals surface area contributed by atoms with E-state index in [1.165, 1.54) is 25.7 Å². The van der Waals surface area contributed by atoms with E-state index >= 15 is 0 Å². The molecule has 1 saturated carbocycles. The number of hydrogen-bond donors (Lipinski definition) is 0. The second-order valence-corrected chi connectivity index (χ2v) is 5.38. The number of carbonyl (C=O) groups is 1. The number of ether oxygens (including phenoxy) is 1. The molecule has 20 heavy (non-hydrogen) atoms. The van der Waals surface area contributed by atoms with Crippen molar-refractivity contribution in [3.63, 3.8) is 0 Å². The molecular weight excluding hydrogens is 252 g/mol. The lowest BCUT2D eigenvalue weighted by Gasteiger charge is -2.12. The van der Waals surface area contributed by atoms with Crippen molar-refractivity contribution in [1.29, 1.82) is 0 Å². The summed E-state index contributed by atoms with van der Waals surface area (Å²) in [5, 5.41) is 6.10. The van der Waals surface area contributed by atoms with Gasteiger partial charge in [0.05, 0.1) is 24.4 Å². The summed E-state index contributed by atoms with van der Waals surface area (Å²) in [5.41, 5.74) is 1.90. The molecule has 1 aromatic carbocycles. The maximum atomic E-state index is 12.1. The second-order valence-electron chi connectivity index (χ2n) is 5.38. The van der Waals surface area contributed by atoms with Crippen LogP contribution >= 0.6 is 0 Å².